The van der Waals surface area contributed by atoms with Gasteiger partial charge in [0.25, 0.3) is 6.43 Å². The van der Waals surface area contributed by atoms with Crippen LogP contribution in [0, 0.1) is 0 Å². The topological polar surface area (TPSA) is 21.3 Å². The van der Waals surface area contributed by atoms with E-state index in [9.17, 15) is 8.78 Å². The van der Waals surface area contributed by atoms with Crippen LogP contribution in [-0.2, 0) is 11.3 Å². The molecule has 4 heteroatoms. The van der Waals surface area contributed by atoms with Crippen molar-refractivity contribution in [2.45, 2.75) is 19.9 Å². The number of hydrogen-bond acceptors (Lipinski definition) is 2. The number of alkyl halides is 2. The average molecular weight is 229 g/mol. The van der Waals surface area contributed by atoms with E-state index in [1.54, 1.807) is 12.1 Å². The summed E-state index contributed by atoms with van der Waals surface area (Å²) >= 11 is 0. The van der Waals surface area contributed by atoms with Gasteiger partial charge >= 0.3 is 0 Å². The third-order valence-electron chi connectivity index (χ3n) is 2.19. The first-order valence-corrected chi connectivity index (χ1v) is 5.39. The molecule has 0 radical (unpaired) electrons. The summed E-state index contributed by atoms with van der Waals surface area (Å²) in [7, 11) is 0. The quantitative estimate of drug-likeness (QED) is 0.726. The summed E-state index contributed by atoms with van der Waals surface area (Å²) in [6.45, 7) is 4.78. The van der Waals surface area contributed by atoms with Crippen LogP contribution in [0.5, 0.6) is 0 Å². The van der Waals surface area contributed by atoms with Crippen molar-refractivity contribution in [2.75, 3.05) is 19.8 Å². The normalized spacial score (nSPS) is 11.0. The van der Waals surface area contributed by atoms with Gasteiger partial charge in [0.1, 0.15) is 0 Å². The summed E-state index contributed by atoms with van der Waals surface area (Å²) in [4.78, 5) is 0. The monoisotopic (exact) mass is 229 g/mol. The van der Waals surface area contributed by atoms with Crippen molar-refractivity contribution in [3.05, 3.63) is 35.4 Å². The lowest BCUT2D eigenvalue weighted by Gasteiger charge is -2.06. The van der Waals surface area contributed by atoms with Crippen LogP contribution in [0.3, 0.4) is 0 Å². The molecule has 0 atom stereocenters. The van der Waals surface area contributed by atoms with E-state index in [0.717, 1.165) is 12.1 Å². The summed E-state index contributed by atoms with van der Waals surface area (Å²) < 4.78 is 29.7. The fraction of sp³-hybridized carbons (Fsp3) is 0.500. The lowest BCUT2D eigenvalue weighted by atomic mass is 10.1. The number of nitrogens with one attached hydrogen (secondary N) is 1. The molecule has 0 spiro atoms. The van der Waals surface area contributed by atoms with Crippen LogP contribution in [0.4, 0.5) is 8.78 Å². The van der Waals surface area contributed by atoms with E-state index in [2.05, 4.69) is 5.32 Å². The SMILES string of the molecule is CCOCCNCc1ccc(C(F)F)cc1. The number of benzene rings is 1. The largest absolute Gasteiger partial charge is 0.380 e. The van der Waals surface area contributed by atoms with Gasteiger partial charge in [-0.05, 0) is 12.5 Å². The van der Waals surface area contributed by atoms with Crippen molar-refractivity contribution >= 4 is 0 Å². The summed E-state index contributed by atoms with van der Waals surface area (Å²) in [6.07, 6.45) is -2.39. The molecule has 0 saturated heterocycles. The van der Waals surface area contributed by atoms with E-state index in [1.165, 1.54) is 12.1 Å². The van der Waals surface area contributed by atoms with Gasteiger partial charge in [-0.2, -0.15) is 0 Å². The minimum atomic E-state index is -2.39. The van der Waals surface area contributed by atoms with Crippen molar-refractivity contribution in [2.24, 2.45) is 0 Å². The molecule has 1 rings (SSSR count). The molecule has 0 saturated carbocycles. The Bertz CT molecular complexity index is 288. The summed E-state index contributed by atoms with van der Waals surface area (Å²) in [5, 5.41) is 3.17. The summed E-state index contributed by atoms with van der Waals surface area (Å²) in [5.74, 6) is 0. The number of ether oxygens (including phenoxy) is 1. The Morgan fingerprint density at radius 1 is 1.25 bits per heavy atom. The molecule has 1 N–H and O–H groups in total. The van der Waals surface area contributed by atoms with E-state index < -0.39 is 6.43 Å². The first-order chi connectivity index (χ1) is 7.74. The Morgan fingerprint density at radius 3 is 2.50 bits per heavy atom. The van der Waals surface area contributed by atoms with Crippen molar-refractivity contribution in [3.63, 3.8) is 0 Å². The van der Waals surface area contributed by atoms with Crippen LogP contribution < -0.4 is 5.32 Å². The fourth-order valence-electron chi connectivity index (χ4n) is 1.30. The Balaban J connectivity index is 2.27. The average Bonchev–Trinajstić information content (AvgIpc) is 2.29. The third-order valence-corrected chi connectivity index (χ3v) is 2.19. The minimum absolute atomic E-state index is 0.0677. The van der Waals surface area contributed by atoms with Crippen LogP contribution in [0.15, 0.2) is 24.3 Å². The Hall–Kier alpha value is -1.00. The molecular formula is C12H17F2NO. The smallest absolute Gasteiger partial charge is 0.263 e. The zero-order valence-electron chi connectivity index (χ0n) is 9.38. The van der Waals surface area contributed by atoms with Gasteiger partial charge in [-0.25, -0.2) is 8.78 Å². The van der Waals surface area contributed by atoms with Crippen molar-refractivity contribution < 1.29 is 13.5 Å². The Kier molecular flexibility index (Phi) is 5.96. The maximum atomic E-state index is 12.3. The van der Waals surface area contributed by atoms with E-state index in [0.29, 0.717) is 19.8 Å². The highest BCUT2D eigenvalue weighted by molar-refractivity contribution is 5.23. The highest BCUT2D eigenvalue weighted by Gasteiger charge is 2.05. The predicted molar refractivity (Wildman–Crippen MR) is 59.6 cm³/mol. The fourth-order valence-corrected chi connectivity index (χ4v) is 1.30. The van der Waals surface area contributed by atoms with Gasteiger partial charge in [0.05, 0.1) is 6.61 Å². The molecule has 0 aliphatic heterocycles. The van der Waals surface area contributed by atoms with Crippen molar-refractivity contribution in [3.8, 4) is 0 Å². The van der Waals surface area contributed by atoms with Gasteiger partial charge in [0.15, 0.2) is 0 Å². The second kappa shape index (κ2) is 7.30. The molecule has 0 aliphatic carbocycles. The maximum absolute atomic E-state index is 12.3. The lowest BCUT2D eigenvalue weighted by molar-refractivity contribution is 0.149. The van der Waals surface area contributed by atoms with Gasteiger partial charge in [-0.1, -0.05) is 24.3 Å². The Labute approximate surface area is 94.6 Å². The first-order valence-electron chi connectivity index (χ1n) is 5.39. The predicted octanol–water partition coefficient (Wildman–Crippen LogP) is 2.75. The van der Waals surface area contributed by atoms with E-state index in [4.69, 9.17) is 4.74 Å². The molecule has 1 aromatic rings. The molecule has 0 heterocycles. The molecule has 0 amide bonds. The van der Waals surface area contributed by atoms with Crippen LogP contribution in [0.2, 0.25) is 0 Å². The van der Waals surface area contributed by atoms with Crippen molar-refractivity contribution in [1.82, 2.24) is 5.32 Å². The van der Waals surface area contributed by atoms with E-state index >= 15 is 0 Å². The molecule has 0 bridgehead atoms. The van der Waals surface area contributed by atoms with Crippen LogP contribution >= 0.6 is 0 Å². The van der Waals surface area contributed by atoms with Gasteiger partial charge in [0.2, 0.25) is 0 Å². The molecule has 90 valence electrons. The zero-order chi connectivity index (χ0) is 11.8. The van der Waals surface area contributed by atoms with Crippen LogP contribution in [-0.4, -0.2) is 19.8 Å². The highest BCUT2D eigenvalue weighted by atomic mass is 19.3. The van der Waals surface area contributed by atoms with E-state index in [-0.39, 0.29) is 5.56 Å². The van der Waals surface area contributed by atoms with E-state index in [1.807, 2.05) is 6.92 Å². The standard InChI is InChI=1S/C12H17F2NO/c1-2-16-8-7-15-9-10-3-5-11(6-4-10)12(13)14/h3-6,12,15H,2,7-9H2,1H3. The summed E-state index contributed by atoms with van der Waals surface area (Å²) in [5.41, 5.74) is 1.07. The highest BCUT2D eigenvalue weighted by Crippen LogP contribution is 2.18. The number of rotatable bonds is 7. The Morgan fingerprint density at radius 2 is 1.94 bits per heavy atom. The molecule has 2 nitrogen and oxygen atoms in total. The second-order valence-electron chi connectivity index (χ2n) is 3.42. The summed E-state index contributed by atoms with van der Waals surface area (Å²) in [6, 6.07) is 6.36. The van der Waals surface area contributed by atoms with Crippen LogP contribution in [0.25, 0.3) is 0 Å². The minimum Gasteiger partial charge on any atom is -0.380 e. The third kappa shape index (κ3) is 4.68. The first kappa shape index (κ1) is 13.1. The number of halogens is 2. The zero-order valence-corrected chi connectivity index (χ0v) is 9.38. The van der Waals surface area contributed by atoms with Gasteiger partial charge in [0, 0.05) is 25.3 Å². The molecule has 0 aliphatic rings. The molecule has 16 heavy (non-hydrogen) atoms. The second-order valence-corrected chi connectivity index (χ2v) is 3.42. The molecule has 1 aromatic carbocycles. The van der Waals surface area contributed by atoms with Gasteiger partial charge < -0.3 is 10.1 Å². The van der Waals surface area contributed by atoms with Crippen LogP contribution in [0.1, 0.15) is 24.5 Å². The molecular weight excluding hydrogens is 212 g/mol. The lowest BCUT2D eigenvalue weighted by Crippen LogP contribution is -2.19. The molecule has 0 fully saturated rings. The maximum Gasteiger partial charge on any atom is 0.263 e. The van der Waals surface area contributed by atoms with Crippen molar-refractivity contribution in [1.29, 1.82) is 0 Å². The van der Waals surface area contributed by atoms with Gasteiger partial charge in [-0.3, -0.25) is 0 Å². The number of hydrogen-bond donors (Lipinski definition) is 1. The molecule has 0 unspecified atom stereocenters. The molecule has 0 aromatic heterocycles. The van der Waals surface area contributed by atoms with Gasteiger partial charge in [-0.15, -0.1) is 0 Å².